The van der Waals surface area contributed by atoms with E-state index in [4.69, 9.17) is 0 Å². The predicted molar refractivity (Wildman–Crippen MR) is 117 cm³/mol. The second-order valence-electron chi connectivity index (χ2n) is 8.16. The molecule has 0 fully saturated rings. The maximum absolute atomic E-state index is 2.45. The Morgan fingerprint density at radius 3 is 0.964 bits per heavy atom. The van der Waals surface area contributed by atoms with Gasteiger partial charge < -0.3 is 0 Å². The minimum Gasteiger partial charge on any atom is -0.0619 e. The molecule has 2 aliphatic carbocycles. The Balaban J connectivity index is 1.56. The van der Waals surface area contributed by atoms with Crippen molar-refractivity contribution in [1.29, 1.82) is 0 Å². The summed E-state index contributed by atoms with van der Waals surface area (Å²) in [4.78, 5) is 0. The Labute approximate surface area is 166 Å². The number of rotatable bonds is 2. The molecule has 0 nitrogen and oxygen atoms in total. The average molecular weight is 358 g/mol. The smallest absolute Gasteiger partial charge is 0.0136 e. The van der Waals surface area contributed by atoms with Gasteiger partial charge in [0.15, 0.2) is 0 Å². The Bertz CT molecular complexity index is 1010. The lowest BCUT2D eigenvalue weighted by atomic mass is 9.74. The fourth-order valence-corrected chi connectivity index (χ4v) is 5.71. The lowest BCUT2D eigenvalue weighted by molar-refractivity contribution is 0.467. The summed E-state index contributed by atoms with van der Waals surface area (Å²) in [6.45, 7) is 2.45. The van der Waals surface area contributed by atoms with Crippen molar-refractivity contribution in [2.45, 2.75) is 18.8 Å². The molecule has 0 saturated carbocycles. The first-order valence-electron chi connectivity index (χ1n) is 10.2. The molecule has 0 spiro atoms. The van der Waals surface area contributed by atoms with E-state index in [1.54, 1.807) is 0 Å². The first-order valence-corrected chi connectivity index (χ1v) is 10.2. The second kappa shape index (κ2) is 5.94. The van der Waals surface area contributed by atoms with Crippen LogP contribution in [0.4, 0.5) is 0 Å². The summed E-state index contributed by atoms with van der Waals surface area (Å²) in [5.74, 6) is 1.34. The van der Waals surface area contributed by atoms with Gasteiger partial charge in [0.05, 0.1) is 0 Å². The summed E-state index contributed by atoms with van der Waals surface area (Å²) < 4.78 is 0. The lowest BCUT2D eigenvalue weighted by Gasteiger charge is -2.29. The molecule has 134 valence electrons. The van der Waals surface area contributed by atoms with Gasteiger partial charge in [0.2, 0.25) is 0 Å². The van der Waals surface area contributed by atoms with Crippen molar-refractivity contribution in [3.05, 3.63) is 119 Å². The molecule has 0 amide bonds. The highest BCUT2D eigenvalue weighted by Crippen LogP contribution is 2.56. The molecule has 0 bridgehead atoms. The van der Waals surface area contributed by atoms with Crippen LogP contribution >= 0.6 is 0 Å². The lowest BCUT2D eigenvalue weighted by Crippen LogP contribution is -2.17. The van der Waals surface area contributed by atoms with Gasteiger partial charge in [-0.3, -0.25) is 0 Å². The fourth-order valence-electron chi connectivity index (χ4n) is 5.71. The summed E-state index contributed by atoms with van der Waals surface area (Å²) in [5, 5.41) is 0. The minimum absolute atomic E-state index is 0.427. The zero-order valence-electron chi connectivity index (χ0n) is 16.0. The number of fused-ring (bicyclic) bond motifs is 6. The molecule has 4 aromatic carbocycles. The van der Waals surface area contributed by atoms with Crippen LogP contribution in [0, 0.1) is 5.92 Å². The van der Waals surface area contributed by atoms with Crippen LogP contribution in [0.15, 0.2) is 97.1 Å². The van der Waals surface area contributed by atoms with Gasteiger partial charge in [-0.05, 0) is 50.4 Å². The zero-order chi connectivity index (χ0) is 18.7. The Kier molecular flexibility index (Phi) is 3.37. The number of hydrogen-bond acceptors (Lipinski definition) is 0. The van der Waals surface area contributed by atoms with Crippen LogP contribution in [0.5, 0.6) is 0 Å². The molecule has 0 unspecified atom stereocenters. The summed E-state index contributed by atoms with van der Waals surface area (Å²) in [7, 11) is 0. The van der Waals surface area contributed by atoms with Crippen LogP contribution in [0.3, 0.4) is 0 Å². The third kappa shape index (κ3) is 2.06. The van der Waals surface area contributed by atoms with E-state index >= 15 is 0 Å². The van der Waals surface area contributed by atoms with E-state index in [9.17, 15) is 0 Å². The largest absolute Gasteiger partial charge is 0.0619 e. The molecule has 6 rings (SSSR count). The van der Waals surface area contributed by atoms with E-state index in [0.717, 1.165) is 0 Å². The Hall–Kier alpha value is -3.12. The van der Waals surface area contributed by atoms with Crippen LogP contribution in [0.1, 0.15) is 41.0 Å². The summed E-state index contributed by atoms with van der Waals surface area (Å²) in [6, 6.07) is 36.0. The van der Waals surface area contributed by atoms with Crippen molar-refractivity contribution in [3.63, 3.8) is 0 Å². The average Bonchev–Trinajstić information content (AvgIpc) is 3.27. The molecular formula is C28H22. The van der Waals surface area contributed by atoms with Crippen molar-refractivity contribution in [2.24, 2.45) is 5.92 Å². The SMILES string of the molecule is CC(C1c2ccccc2-c2ccccc21)C1c2ccccc2-c2ccccc21. The van der Waals surface area contributed by atoms with Gasteiger partial charge in [0.25, 0.3) is 0 Å². The Morgan fingerprint density at radius 2 is 0.679 bits per heavy atom. The molecule has 0 aliphatic heterocycles. The molecule has 4 aromatic rings. The maximum Gasteiger partial charge on any atom is 0.0136 e. The van der Waals surface area contributed by atoms with E-state index in [1.807, 2.05) is 0 Å². The Morgan fingerprint density at radius 1 is 0.429 bits per heavy atom. The molecule has 0 N–H and O–H groups in total. The summed E-state index contributed by atoms with van der Waals surface area (Å²) in [5.41, 5.74) is 11.6. The van der Waals surface area contributed by atoms with Gasteiger partial charge in [-0.15, -0.1) is 0 Å². The van der Waals surface area contributed by atoms with Crippen LogP contribution in [0.2, 0.25) is 0 Å². The van der Waals surface area contributed by atoms with Crippen LogP contribution in [-0.4, -0.2) is 0 Å². The third-order valence-corrected chi connectivity index (χ3v) is 6.82. The van der Waals surface area contributed by atoms with E-state index in [-0.39, 0.29) is 0 Å². The van der Waals surface area contributed by atoms with Crippen molar-refractivity contribution in [3.8, 4) is 22.3 Å². The third-order valence-electron chi connectivity index (χ3n) is 6.82. The molecular weight excluding hydrogens is 336 g/mol. The van der Waals surface area contributed by atoms with Crippen molar-refractivity contribution < 1.29 is 0 Å². The quantitative estimate of drug-likeness (QED) is 0.354. The van der Waals surface area contributed by atoms with Crippen LogP contribution in [0.25, 0.3) is 22.3 Å². The molecule has 0 saturated heterocycles. The molecule has 0 heteroatoms. The van der Waals surface area contributed by atoms with Gasteiger partial charge in [-0.2, -0.15) is 0 Å². The van der Waals surface area contributed by atoms with Gasteiger partial charge >= 0.3 is 0 Å². The number of hydrogen-bond donors (Lipinski definition) is 0. The van der Waals surface area contributed by atoms with E-state index in [2.05, 4.69) is 104 Å². The molecule has 0 heterocycles. The molecule has 28 heavy (non-hydrogen) atoms. The van der Waals surface area contributed by atoms with E-state index in [0.29, 0.717) is 17.8 Å². The minimum atomic E-state index is 0.427. The molecule has 0 radical (unpaired) electrons. The maximum atomic E-state index is 2.45. The summed E-state index contributed by atoms with van der Waals surface area (Å²) >= 11 is 0. The molecule has 0 aromatic heterocycles. The second-order valence-corrected chi connectivity index (χ2v) is 8.16. The fraction of sp³-hybridized carbons (Fsp3) is 0.143. The van der Waals surface area contributed by atoms with E-state index < -0.39 is 0 Å². The first-order chi connectivity index (χ1) is 13.8. The number of benzene rings is 4. The highest BCUT2D eigenvalue weighted by Gasteiger charge is 2.40. The highest BCUT2D eigenvalue weighted by atomic mass is 14.4. The van der Waals surface area contributed by atoms with Gasteiger partial charge in [-0.25, -0.2) is 0 Å². The topological polar surface area (TPSA) is 0 Å². The van der Waals surface area contributed by atoms with Gasteiger partial charge in [-0.1, -0.05) is 104 Å². The first kappa shape index (κ1) is 15.9. The van der Waals surface area contributed by atoms with E-state index in [1.165, 1.54) is 44.5 Å². The van der Waals surface area contributed by atoms with Crippen LogP contribution in [-0.2, 0) is 0 Å². The highest BCUT2D eigenvalue weighted by molar-refractivity contribution is 5.81. The van der Waals surface area contributed by atoms with Crippen molar-refractivity contribution >= 4 is 0 Å². The van der Waals surface area contributed by atoms with Gasteiger partial charge in [0, 0.05) is 11.8 Å². The standard InChI is InChI=1S/C28H22/c1-18(27-23-14-6-2-10-19(23)20-11-3-7-15-24(20)27)28-25-16-8-4-12-21(25)22-13-5-9-17-26(22)28/h2-18,27-28H,1H3. The molecule has 2 aliphatic rings. The predicted octanol–water partition coefficient (Wildman–Crippen LogP) is 7.25. The summed E-state index contributed by atoms with van der Waals surface area (Å²) in [6.07, 6.45) is 0. The molecule has 0 atom stereocenters. The zero-order valence-corrected chi connectivity index (χ0v) is 16.0. The van der Waals surface area contributed by atoms with Gasteiger partial charge in [0.1, 0.15) is 0 Å². The van der Waals surface area contributed by atoms with Crippen molar-refractivity contribution in [1.82, 2.24) is 0 Å². The monoisotopic (exact) mass is 358 g/mol. The normalized spacial score (nSPS) is 14.6. The van der Waals surface area contributed by atoms with Crippen LogP contribution < -0.4 is 0 Å². The van der Waals surface area contributed by atoms with Crippen molar-refractivity contribution in [2.75, 3.05) is 0 Å².